The minimum Gasteiger partial charge on any atom is -1.00 e. The van der Waals surface area contributed by atoms with Gasteiger partial charge in [0.2, 0.25) is 0 Å². The normalized spacial score (nSPS) is 17.2. The van der Waals surface area contributed by atoms with E-state index in [-0.39, 0.29) is 30.1 Å². The van der Waals surface area contributed by atoms with Crippen molar-refractivity contribution in [3.8, 4) is 11.1 Å². The van der Waals surface area contributed by atoms with Gasteiger partial charge in [-0.2, -0.15) is 0 Å². The third kappa shape index (κ3) is 4.80. The fourth-order valence-electron chi connectivity index (χ4n) is 3.81. The van der Waals surface area contributed by atoms with Crippen LogP contribution in [0.2, 0.25) is 0 Å². The lowest BCUT2D eigenvalue weighted by Crippen LogP contribution is -3.00. The molecule has 1 aliphatic heterocycles. The number of aliphatic hydroxyl groups excluding tert-OH is 1. The fraction of sp³-hybridized carbons (Fsp3) is 0.429. The lowest BCUT2D eigenvalue weighted by molar-refractivity contribution is -0.897. The van der Waals surface area contributed by atoms with E-state index in [4.69, 9.17) is 0 Å². The van der Waals surface area contributed by atoms with Crippen LogP contribution >= 0.6 is 0 Å². The fourth-order valence-corrected chi connectivity index (χ4v) is 3.81. The molecule has 0 aromatic heterocycles. The predicted octanol–water partition coefficient (Wildman–Crippen LogP) is 1.41. The monoisotopic (exact) mass is 437 g/mol. The first-order valence-corrected chi connectivity index (χ1v) is 8.84. The second-order valence-electron chi connectivity index (χ2n) is 7.11. The molecule has 3 rings (SSSR count). The average molecular weight is 437 g/mol. The maximum Gasteiger partial charge on any atom is 0.0798 e. The number of benzene rings is 2. The van der Waals surface area contributed by atoms with E-state index in [1.165, 1.54) is 42.5 Å². The summed E-state index contributed by atoms with van der Waals surface area (Å²) >= 11 is 0. The second-order valence-corrected chi connectivity index (χ2v) is 7.11. The standard InChI is InChI=1S/C21H28NO.HI/c1-22(15-7-8-16-22)17-9-14-21(23)20-13-6-5-12-19(20)18-10-3-2-4-11-18;/h2-6,10-13,21,23H,7-9,14-17H2,1H3;1H/q+1;/p-1. The van der Waals surface area contributed by atoms with Gasteiger partial charge < -0.3 is 33.6 Å². The molecular formula is C21H28INO. The lowest BCUT2D eigenvalue weighted by atomic mass is 9.94. The van der Waals surface area contributed by atoms with Crippen molar-refractivity contribution in [1.82, 2.24) is 0 Å². The number of nitrogens with zero attached hydrogens (tertiary/aromatic N) is 1. The highest BCUT2D eigenvalue weighted by Gasteiger charge is 2.26. The van der Waals surface area contributed by atoms with Crippen LogP contribution < -0.4 is 24.0 Å². The Morgan fingerprint density at radius 1 is 0.958 bits per heavy atom. The van der Waals surface area contributed by atoms with Gasteiger partial charge in [-0.1, -0.05) is 54.6 Å². The molecule has 1 atom stereocenters. The molecule has 0 amide bonds. The molecule has 1 aliphatic rings. The number of hydrogen-bond acceptors (Lipinski definition) is 1. The van der Waals surface area contributed by atoms with Crippen molar-refractivity contribution in [3.05, 3.63) is 60.2 Å². The van der Waals surface area contributed by atoms with Crippen molar-refractivity contribution in [1.29, 1.82) is 0 Å². The molecule has 24 heavy (non-hydrogen) atoms. The van der Waals surface area contributed by atoms with Crippen LogP contribution in [-0.4, -0.2) is 36.3 Å². The summed E-state index contributed by atoms with van der Waals surface area (Å²) < 4.78 is 1.19. The molecule has 1 N–H and O–H groups in total. The Bertz CT molecular complexity index is 623. The highest BCUT2D eigenvalue weighted by Crippen LogP contribution is 2.30. The largest absolute Gasteiger partial charge is 1.00 e. The Morgan fingerprint density at radius 2 is 1.58 bits per heavy atom. The molecule has 0 saturated carbocycles. The summed E-state index contributed by atoms with van der Waals surface area (Å²) in [6.45, 7) is 3.79. The summed E-state index contributed by atoms with van der Waals surface area (Å²) in [7, 11) is 2.36. The Hall–Kier alpha value is -0.910. The third-order valence-electron chi connectivity index (χ3n) is 5.23. The molecule has 2 aromatic rings. The van der Waals surface area contributed by atoms with Crippen LogP contribution in [-0.2, 0) is 0 Å². The van der Waals surface area contributed by atoms with Crippen molar-refractivity contribution in [3.63, 3.8) is 0 Å². The molecule has 0 radical (unpaired) electrons. The number of rotatable bonds is 6. The van der Waals surface area contributed by atoms with Crippen molar-refractivity contribution >= 4 is 0 Å². The maximum absolute atomic E-state index is 10.7. The van der Waals surface area contributed by atoms with Crippen LogP contribution in [0.3, 0.4) is 0 Å². The zero-order valence-corrected chi connectivity index (χ0v) is 16.7. The first kappa shape index (κ1) is 19.4. The van der Waals surface area contributed by atoms with Gasteiger partial charge in [0.05, 0.1) is 32.8 Å². The topological polar surface area (TPSA) is 20.2 Å². The first-order valence-electron chi connectivity index (χ1n) is 8.84. The van der Waals surface area contributed by atoms with Crippen LogP contribution in [0.15, 0.2) is 54.6 Å². The quantitative estimate of drug-likeness (QED) is 0.536. The van der Waals surface area contributed by atoms with Gasteiger partial charge in [0.1, 0.15) is 0 Å². The first-order chi connectivity index (χ1) is 11.2. The number of quaternary nitrogens is 1. The van der Waals surface area contributed by atoms with Gasteiger partial charge in [-0.05, 0) is 29.5 Å². The summed E-state index contributed by atoms with van der Waals surface area (Å²) in [5, 5.41) is 10.7. The van der Waals surface area contributed by atoms with E-state index in [1.807, 2.05) is 12.1 Å². The maximum atomic E-state index is 10.7. The van der Waals surface area contributed by atoms with Gasteiger partial charge >= 0.3 is 0 Å². The van der Waals surface area contributed by atoms with E-state index in [0.717, 1.165) is 24.0 Å². The molecule has 0 aliphatic carbocycles. The minimum atomic E-state index is -0.374. The number of likely N-dealkylation sites (tertiary alicyclic amines) is 1. The lowest BCUT2D eigenvalue weighted by Gasteiger charge is -2.29. The van der Waals surface area contributed by atoms with Crippen LogP contribution in [0, 0.1) is 0 Å². The molecule has 3 heteroatoms. The van der Waals surface area contributed by atoms with Crippen LogP contribution in [0.4, 0.5) is 0 Å². The van der Waals surface area contributed by atoms with E-state index in [1.54, 1.807) is 0 Å². The Kier molecular flexibility index (Phi) is 7.26. The van der Waals surface area contributed by atoms with Crippen LogP contribution in [0.1, 0.15) is 37.4 Å². The summed E-state index contributed by atoms with van der Waals surface area (Å²) in [6.07, 6.45) is 4.27. The zero-order valence-electron chi connectivity index (χ0n) is 14.5. The molecule has 130 valence electrons. The number of halogens is 1. The van der Waals surface area contributed by atoms with Gasteiger partial charge in [-0.15, -0.1) is 0 Å². The van der Waals surface area contributed by atoms with Crippen molar-refractivity contribution in [2.24, 2.45) is 0 Å². The molecule has 1 unspecified atom stereocenters. The van der Waals surface area contributed by atoms with Gasteiger partial charge in [0.15, 0.2) is 0 Å². The molecule has 1 saturated heterocycles. The van der Waals surface area contributed by atoms with E-state index < -0.39 is 0 Å². The Labute approximate surface area is 163 Å². The zero-order chi connectivity index (χ0) is 16.1. The van der Waals surface area contributed by atoms with Crippen LogP contribution in [0.5, 0.6) is 0 Å². The molecule has 2 aromatic carbocycles. The average Bonchev–Trinajstić information content (AvgIpc) is 3.02. The SMILES string of the molecule is C[N+]1(CCCC(O)c2ccccc2-c2ccccc2)CCCC1.[I-]. The van der Waals surface area contributed by atoms with Gasteiger partial charge in [0.25, 0.3) is 0 Å². The molecule has 1 fully saturated rings. The van der Waals surface area contributed by atoms with Crippen molar-refractivity contribution < 1.29 is 33.6 Å². The van der Waals surface area contributed by atoms with Gasteiger partial charge in [0, 0.05) is 12.8 Å². The highest BCUT2D eigenvalue weighted by atomic mass is 127. The minimum absolute atomic E-state index is 0. The molecule has 1 heterocycles. The van der Waals surface area contributed by atoms with Gasteiger partial charge in [-0.3, -0.25) is 0 Å². The Balaban J connectivity index is 0.00000208. The molecular weight excluding hydrogens is 409 g/mol. The summed E-state index contributed by atoms with van der Waals surface area (Å²) in [5.41, 5.74) is 3.39. The van der Waals surface area contributed by atoms with Crippen LogP contribution in [0.25, 0.3) is 11.1 Å². The third-order valence-corrected chi connectivity index (χ3v) is 5.23. The molecule has 0 spiro atoms. The van der Waals surface area contributed by atoms with Crippen molar-refractivity contribution in [2.45, 2.75) is 31.8 Å². The number of hydrogen-bond donors (Lipinski definition) is 1. The van der Waals surface area contributed by atoms with E-state index in [0.29, 0.717) is 0 Å². The summed E-state index contributed by atoms with van der Waals surface area (Å²) in [4.78, 5) is 0. The Morgan fingerprint density at radius 3 is 2.29 bits per heavy atom. The van der Waals surface area contributed by atoms with E-state index in [9.17, 15) is 5.11 Å². The van der Waals surface area contributed by atoms with Crippen molar-refractivity contribution in [2.75, 3.05) is 26.7 Å². The van der Waals surface area contributed by atoms with E-state index >= 15 is 0 Å². The van der Waals surface area contributed by atoms with E-state index in [2.05, 4.69) is 49.5 Å². The van der Waals surface area contributed by atoms with Gasteiger partial charge in [-0.25, -0.2) is 0 Å². The predicted molar refractivity (Wildman–Crippen MR) is 96.1 cm³/mol. The molecule has 0 bridgehead atoms. The number of aliphatic hydroxyl groups is 1. The molecule has 2 nitrogen and oxygen atoms in total. The summed E-state index contributed by atoms with van der Waals surface area (Å²) in [5.74, 6) is 0. The second kappa shape index (κ2) is 8.97. The highest BCUT2D eigenvalue weighted by molar-refractivity contribution is 5.67. The smallest absolute Gasteiger partial charge is 0.0798 e. The summed E-state index contributed by atoms with van der Waals surface area (Å²) in [6, 6.07) is 18.6.